The minimum atomic E-state index is -0.267. The first kappa shape index (κ1) is 11.2. The van der Waals surface area contributed by atoms with Crippen LogP contribution < -0.4 is 0 Å². The van der Waals surface area contributed by atoms with Crippen LogP contribution in [0.3, 0.4) is 0 Å². The molecule has 2 unspecified atom stereocenters. The Bertz CT molecular complexity index is 219. The molecule has 1 fully saturated rings. The molecular formula is C11H18O3. The summed E-state index contributed by atoms with van der Waals surface area (Å²) in [6, 6.07) is 0. The molecule has 1 aliphatic rings. The molecule has 0 aromatic carbocycles. The van der Waals surface area contributed by atoms with E-state index in [0.29, 0.717) is 30.6 Å². The van der Waals surface area contributed by atoms with E-state index in [-0.39, 0.29) is 5.97 Å². The zero-order valence-corrected chi connectivity index (χ0v) is 8.91. The lowest BCUT2D eigenvalue weighted by atomic mass is 10.1. The standard InChI is InChI=1S/C11H18O3/c1-4-8(2)11(12)13-6-5-9(3)10-7-14-10/h9-10H,2,4-7H2,1,3H3. The molecule has 3 nitrogen and oxygen atoms in total. The van der Waals surface area contributed by atoms with Crippen LogP contribution in [0.1, 0.15) is 26.7 Å². The van der Waals surface area contributed by atoms with E-state index in [1.807, 2.05) is 6.92 Å². The summed E-state index contributed by atoms with van der Waals surface area (Å²) in [6.07, 6.45) is 1.91. The third kappa shape index (κ3) is 3.50. The van der Waals surface area contributed by atoms with Crippen LogP contribution in [-0.2, 0) is 14.3 Å². The molecule has 14 heavy (non-hydrogen) atoms. The fourth-order valence-electron chi connectivity index (χ4n) is 1.15. The zero-order valence-electron chi connectivity index (χ0n) is 8.91. The number of ether oxygens (including phenoxy) is 2. The maximum absolute atomic E-state index is 11.2. The summed E-state index contributed by atoms with van der Waals surface area (Å²) >= 11 is 0. The first-order chi connectivity index (χ1) is 6.65. The second-order valence-electron chi connectivity index (χ2n) is 3.73. The van der Waals surface area contributed by atoms with Crippen molar-refractivity contribution in [1.29, 1.82) is 0 Å². The van der Waals surface area contributed by atoms with Gasteiger partial charge in [0, 0.05) is 5.57 Å². The van der Waals surface area contributed by atoms with Gasteiger partial charge in [0.2, 0.25) is 0 Å². The fraction of sp³-hybridized carbons (Fsp3) is 0.727. The Morgan fingerprint density at radius 2 is 2.36 bits per heavy atom. The van der Waals surface area contributed by atoms with Gasteiger partial charge in [0.05, 0.1) is 19.3 Å². The van der Waals surface area contributed by atoms with E-state index >= 15 is 0 Å². The average Bonchev–Trinajstić information content (AvgIpc) is 2.99. The van der Waals surface area contributed by atoms with E-state index in [1.54, 1.807) is 0 Å². The van der Waals surface area contributed by atoms with Crippen molar-refractivity contribution in [3.05, 3.63) is 12.2 Å². The van der Waals surface area contributed by atoms with Crippen LogP contribution in [0.4, 0.5) is 0 Å². The smallest absolute Gasteiger partial charge is 0.333 e. The summed E-state index contributed by atoms with van der Waals surface area (Å²) in [4.78, 5) is 11.2. The van der Waals surface area contributed by atoms with Crippen molar-refractivity contribution in [3.8, 4) is 0 Å². The predicted molar refractivity (Wildman–Crippen MR) is 53.9 cm³/mol. The van der Waals surface area contributed by atoms with Crippen molar-refractivity contribution in [2.45, 2.75) is 32.8 Å². The summed E-state index contributed by atoms with van der Waals surface area (Å²) in [7, 11) is 0. The number of carbonyl (C=O) groups excluding carboxylic acids is 1. The molecule has 1 heterocycles. The lowest BCUT2D eigenvalue weighted by molar-refractivity contribution is -0.139. The highest BCUT2D eigenvalue weighted by atomic mass is 16.6. The molecule has 0 aliphatic carbocycles. The molecule has 1 rings (SSSR count). The van der Waals surface area contributed by atoms with Crippen molar-refractivity contribution >= 4 is 5.97 Å². The Morgan fingerprint density at radius 3 is 2.86 bits per heavy atom. The molecule has 80 valence electrons. The van der Waals surface area contributed by atoms with Crippen LogP contribution >= 0.6 is 0 Å². The average molecular weight is 198 g/mol. The third-order valence-electron chi connectivity index (χ3n) is 2.52. The van der Waals surface area contributed by atoms with Crippen LogP contribution in [0.2, 0.25) is 0 Å². The van der Waals surface area contributed by atoms with Gasteiger partial charge in [-0.3, -0.25) is 0 Å². The van der Waals surface area contributed by atoms with Crippen LogP contribution in [-0.4, -0.2) is 25.3 Å². The van der Waals surface area contributed by atoms with Gasteiger partial charge in [-0.1, -0.05) is 20.4 Å². The van der Waals surface area contributed by atoms with Gasteiger partial charge in [-0.15, -0.1) is 0 Å². The topological polar surface area (TPSA) is 38.8 Å². The molecule has 0 aromatic rings. The Balaban J connectivity index is 2.07. The SMILES string of the molecule is C=C(CC)C(=O)OCCC(C)C1CO1. The maximum Gasteiger partial charge on any atom is 0.333 e. The lowest BCUT2D eigenvalue weighted by Crippen LogP contribution is -2.12. The van der Waals surface area contributed by atoms with E-state index in [1.165, 1.54) is 0 Å². The van der Waals surface area contributed by atoms with E-state index in [0.717, 1.165) is 13.0 Å². The van der Waals surface area contributed by atoms with Crippen LogP contribution in [0, 0.1) is 5.92 Å². The predicted octanol–water partition coefficient (Wildman–Crippen LogP) is 1.92. The molecule has 0 N–H and O–H groups in total. The van der Waals surface area contributed by atoms with Gasteiger partial charge in [0.25, 0.3) is 0 Å². The van der Waals surface area contributed by atoms with E-state index in [9.17, 15) is 4.79 Å². The summed E-state index contributed by atoms with van der Waals surface area (Å²) in [5.74, 6) is 0.217. The highest BCUT2D eigenvalue weighted by molar-refractivity contribution is 5.87. The highest BCUT2D eigenvalue weighted by Crippen LogP contribution is 2.22. The summed E-state index contributed by atoms with van der Waals surface area (Å²) in [6.45, 7) is 8.95. The Hall–Kier alpha value is -0.830. The minimum Gasteiger partial charge on any atom is -0.462 e. The van der Waals surface area contributed by atoms with Gasteiger partial charge < -0.3 is 9.47 Å². The molecule has 0 radical (unpaired) electrons. The molecule has 0 spiro atoms. The van der Waals surface area contributed by atoms with Gasteiger partial charge in [0.1, 0.15) is 0 Å². The first-order valence-electron chi connectivity index (χ1n) is 5.11. The molecule has 0 amide bonds. The van der Waals surface area contributed by atoms with Crippen molar-refractivity contribution in [2.24, 2.45) is 5.92 Å². The molecule has 1 saturated heterocycles. The molecule has 0 aromatic heterocycles. The van der Waals surface area contributed by atoms with E-state index < -0.39 is 0 Å². The van der Waals surface area contributed by atoms with Gasteiger partial charge in [-0.05, 0) is 18.8 Å². The Labute approximate surface area is 85.1 Å². The highest BCUT2D eigenvalue weighted by Gasteiger charge is 2.29. The minimum absolute atomic E-state index is 0.267. The molecule has 0 saturated carbocycles. The number of hydrogen-bond donors (Lipinski definition) is 0. The Morgan fingerprint density at radius 1 is 1.71 bits per heavy atom. The number of hydrogen-bond acceptors (Lipinski definition) is 3. The maximum atomic E-state index is 11.2. The Kier molecular flexibility index (Phi) is 4.14. The summed E-state index contributed by atoms with van der Waals surface area (Å²) in [5.41, 5.74) is 0.542. The summed E-state index contributed by atoms with van der Waals surface area (Å²) < 4.78 is 10.2. The second kappa shape index (κ2) is 5.15. The molecular weight excluding hydrogens is 180 g/mol. The molecule has 3 heteroatoms. The zero-order chi connectivity index (χ0) is 10.6. The van der Waals surface area contributed by atoms with Crippen molar-refractivity contribution < 1.29 is 14.3 Å². The summed E-state index contributed by atoms with van der Waals surface area (Å²) in [5, 5.41) is 0. The van der Waals surface area contributed by atoms with Gasteiger partial charge in [-0.2, -0.15) is 0 Å². The quantitative estimate of drug-likeness (QED) is 0.372. The number of rotatable bonds is 6. The van der Waals surface area contributed by atoms with Crippen LogP contribution in [0.15, 0.2) is 12.2 Å². The van der Waals surface area contributed by atoms with Gasteiger partial charge >= 0.3 is 5.97 Å². The number of carbonyl (C=O) groups is 1. The van der Waals surface area contributed by atoms with Gasteiger partial charge in [0.15, 0.2) is 0 Å². The van der Waals surface area contributed by atoms with Crippen LogP contribution in [0.5, 0.6) is 0 Å². The third-order valence-corrected chi connectivity index (χ3v) is 2.52. The monoisotopic (exact) mass is 198 g/mol. The molecule has 0 bridgehead atoms. The van der Waals surface area contributed by atoms with Crippen molar-refractivity contribution in [2.75, 3.05) is 13.2 Å². The second-order valence-corrected chi connectivity index (χ2v) is 3.73. The van der Waals surface area contributed by atoms with Crippen molar-refractivity contribution in [1.82, 2.24) is 0 Å². The largest absolute Gasteiger partial charge is 0.462 e. The van der Waals surface area contributed by atoms with Gasteiger partial charge in [-0.25, -0.2) is 4.79 Å². The van der Waals surface area contributed by atoms with E-state index in [2.05, 4.69) is 13.5 Å². The van der Waals surface area contributed by atoms with Crippen molar-refractivity contribution in [3.63, 3.8) is 0 Å². The van der Waals surface area contributed by atoms with E-state index in [4.69, 9.17) is 9.47 Å². The fourth-order valence-corrected chi connectivity index (χ4v) is 1.15. The molecule has 1 aliphatic heterocycles. The number of esters is 1. The van der Waals surface area contributed by atoms with Crippen LogP contribution in [0.25, 0.3) is 0 Å². The normalized spacial score (nSPS) is 21.4. The first-order valence-corrected chi connectivity index (χ1v) is 5.11. The number of epoxide rings is 1. The lowest BCUT2D eigenvalue weighted by Gasteiger charge is -2.09. The molecule has 2 atom stereocenters.